The van der Waals surface area contributed by atoms with E-state index in [2.05, 4.69) is 27.0 Å². The number of likely N-dealkylation sites (N-methyl/N-ethyl adjacent to an activating group) is 1. The fraction of sp³-hybridized carbons (Fsp3) is 0.500. The molecule has 0 bridgehead atoms. The molecule has 2 aromatic heterocycles. The van der Waals surface area contributed by atoms with Crippen molar-refractivity contribution in [2.24, 2.45) is 0 Å². The Kier molecular flexibility index (Phi) is 3.12. The summed E-state index contributed by atoms with van der Waals surface area (Å²) in [6.45, 7) is 4.95. The van der Waals surface area contributed by atoms with E-state index >= 15 is 0 Å². The number of piperazine rings is 1. The number of furan rings is 1. The molecule has 1 fully saturated rings. The Labute approximate surface area is 105 Å². The van der Waals surface area contributed by atoms with Gasteiger partial charge < -0.3 is 13.8 Å². The van der Waals surface area contributed by atoms with Gasteiger partial charge in [0.2, 0.25) is 11.7 Å². The third kappa shape index (κ3) is 2.44. The standard InChI is InChI=1S/C12H16N4O2/c1-15-4-6-16(7-5-15)9-11-13-12(14-18-11)10-3-2-8-17-10/h2-3,8H,4-7,9H2,1H3. The van der Waals surface area contributed by atoms with Crippen molar-refractivity contribution in [3.8, 4) is 11.6 Å². The molecule has 18 heavy (non-hydrogen) atoms. The SMILES string of the molecule is CN1CCN(Cc2nc(-c3ccco3)no2)CC1. The normalized spacial score (nSPS) is 18.3. The van der Waals surface area contributed by atoms with Gasteiger partial charge in [0.05, 0.1) is 12.8 Å². The van der Waals surface area contributed by atoms with E-state index in [4.69, 9.17) is 8.94 Å². The largest absolute Gasteiger partial charge is 0.461 e. The Morgan fingerprint density at radius 1 is 1.28 bits per heavy atom. The maximum absolute atomic E-state index is 5.24. The van der Waals surface area contributed by atoms with Crippen molar-refractivity contribution in [2.45, 2.75) is 6.54 Å². The molecule has 0 aromatic carbocycles. The second-order valence-corrected chi connectivity index (χ2v) is 4.57. The Morgan fingerprint density at radius 3 is 2.83 bits per heavy atom. The monoisotopic (exact) mass is 248 g/mol. The first kappa shape index (κ1) is 11.4. The molecule has 0 saturated carbocycles. The highest BCUT2D eigenvalue weighted by Gasteiger charge is 2.17. The summed E-state index contributed by atoms with van der Waals surface area (Å²) in [6.07, 6.45) is 1.60. The van der Waals surface area contributed by atoms with Crippen LogP contribution in [0.1, 0.15) is 5.89 Å². The summed E-state index contributed by atoms with van der Waals surface area (Å²) in [5.74, 6) is 1.80. The minimum atomic E-state index is 0.518. The lowest BCUT2D eigenvalue weighted by atomic mass is 10.3. The zero-order valence-corrected chi connectivity index (χ0v) is 10.4. The predicted octanol–water partition coefficient (Wildman–Crippen LogP) is 1.08. The molecule has 0 radical (unpaired) electrons. The van der Waals surface area contributed by atoms with Crippen LogP contribution in [0.2, 0.25) is 0 Å². The molecule has 3 rings (SSSR count). The van der Waals surface area contributed by atoms with Gasteiger partial charge in [-0.25, -0.2) is 0 Å². The lowest BCUT2D eigenvalue weighted by Gasteiger charge is -2.31. The fourth-order valence-electron chi connectivity index (χ4n) is 2.02. The first-order valence-electron chi connectivity index (χ1n) is 6.08. The van der Waals surface area contributed by atoms with E-state index in [0.717, 1.165) is 26.2 Å². The van der Waals surface area contributed by atoms with Crippen molar-refractivity contribution in [3.05, 3.63) is 24.3 Å². The maximum Gasteiger partial charge on any atom is 0.241 e. The molecule has 1 aliphatic heterocycles. The van der Waals surface area contributed by atoms with Crippen LogP contribution in [0.3, 0.4) is 0 Å². The highest BCUT2D eigenvalue weighted by molar-refractivity contribution is 5.44. The topological polar surface area (TPSA) is 58.5 Å². The van der Waals surface area contributed by atoms with Crippen molar-refractivity contribution >= 4 is 0 Å². The highest BCUT2D eigenvalue weighted by Crippen LogP contribution is 2.16. The molecule has 0 aliphatic carbocycles. The average molecular weight is 248 g/mol. The summed E-state index contributed by atoms with van der Waals surface area (Å²) in [5, 5.41) is 3.92. The van der Waals surface area contributed by atoms with E-state index in [1.165, 1.54) is 0 Å². The van der Waals surface area contributed by atoms with Gasteiger partial charge in [0.1, 0.15) is 0 Å². The van der Waals surface area contributed by atoms with Crippen LogP contribution in [0.15, 0.2) is 27.3 Å². The Bertz CT molecular complexity index is 486. The molecule has 1 saturated heterocycles. The molecule has 2 aromatic rings. The van der Waals surface area contributed by atoms with Crippen LogP contribution in [0.25, 0.3) is 11.6 Å². The van der Waals surface area contributed by atoms with Gasteiger partial charge in [-0.1, -0.05) is 5.16 Å². The summed E-state index contributed by atoms with van der Waals surface area (Å²) in [4.78, 5) is 8.98. The Balaban J connectivity index is 1.64. The smallest absolute Gasteiger partial charge is 0.241 e. The van der Waals surface area contributed by atoms with Crippen molar-refractivity contribution in [1.29, 1.82) is 0 Å². The first-order chi connectivity index (χ1) is 8.81. The van der Waals surface area contributed by atoms with Gasteiger partial charge in [0, 0.05) is 26.2 Å². The Hall–Kier alpha value is -1.66. The summed E-state index contributed by atoms with van der Waals surface area (Å²) in [5.41, 5.74) is 0. The predicted molar refractivity (Wildman–Crippen MR) is 64.8 cm³/mol. The van der Waals surface area contributed by atoms with Gasteiger partial charge in [-0.05, 0) is 19.2 Å². The van der Waals surface area contributed by atoms with Crippen LogP contribution in [0.4, 0.5) is 0 Å². The molecule has 3 heterocycles. The van der Waals surface area contributed by atoms with Crippen molar-refractivity contribution in [1.82, 2.24) is 19.9 Å². The number of nitrogens with zero attached hydrogens (tertiary/aromatic N) is 4. The van der Waals surface area contributed by atoms with E-state index in [9.17, 15) is 0 Å². The number of rotatable bonds is 3. The molecule has 0 N–H and O–H groups in total. The summed E-state index contributed by atoms with van der Waals surface area (Å²) in [6, 6.07) is 3.64. The molecule has 0 amide bonds. The summed E-state index contributed by atoms with van der Waals surface area (Å²) >= 11 is 0. The fourth-order valence-corrected chi connectivity index (χ4v) is 2.02. The van der Waals surface area contributed by atoms with Gasteiger partial charge in [0.15, 0.2) is 5.76 Å². The summed E-state index contributed by atoms with van der Waals surface area (Å²) < 4.78 is 10.5. The highest BCUT2D eigenvalue weighted by atomic mass is 16.5. The zero-order chi connectivity index (χ0) is 12.4. The van der Waals surface area contributed by atoms with Gasteiger partial charge in [-0.15, -0.1) is 0 Å². The zero-order valence-electron chi connectivity index (χ0n) is 10.4. The van der Waals surface area contributed by atoms with Gasteiger partial charge in [0.25, 0.3) is 0 Å². The second kappa shape index (κ2) is 4.91. The lowest BCUT2D eigenvalue weighted by Crippen LogP contribution is -2.43. The number of hydrogen-bond donors (Lipinski definition) is 0. The molecule has 1 aliphatic rings. The third-order valence-corrected chi connectivity index (χ3v) is 3.16. The molecule has 6 heteroatoms. The van der Waals surface area contributed by atoms with E-state index in [0.29, 0.717) is 24.0 Å². The summed E-state index contributed by atoms with van der Waals surface area (Å²) in [7, 11) is 2.14. The quantitative estimate of drug-likeness (QED) is 0.810. The molecule has 6 nitrogen and oxygen atoms in total. The van der Waals surface area contributed by atoms with Gasteiger partial charge in [-0.3, -0.25) is 4.90 Å². The molecular weight excluding hydrogens is 232 g/mol. The van der Waals surface area contributed by atoms with Crippen LogP contribution in [-0.2, 0) is 6.54 Å². The molecule has 0 unspecified atom stereocenters. The van der Waals surface area contributed by atoms with Gasteiger partial charge >= 0.3 is 0 Å². The first-order valence-corrected chi connectivity index (χ1v) is 6.08. The van der Waals surface area contributed by atoms with Crippen LogP contribution >= 0.6 is 0 Å². The molecule has 0 atom stereocenters. The third-order valence-electron chi connectivity index (χ3n) is 3.16. The van der Waals surface area contributed by atoms with Crippen molar-refractivity contribution in [3.63, 3.8) is 0 Å². The number of hydrogen-bond acceptors (Lipinski definition) is 6. The van der Waals surface area contributed by atoms with Gasteiger partial charge in [-0.2, -0.15) is 4.98 Å². The maximum atomic E-state index is 5.24. The van der Waals surface area contributed by atoms with Crippen LogP contribution in [-0.4, -0.2) is 53.2 Å². The Morgan fingerprint density at radius 2 is 2.11 bits per heavy atom. The van der Waals surface area contributed by atoms with E-state index < -0.39 is 0 Å². The molecular formula is C12H16N4O2. The van der Waals surface area contributed by atoms with Crippen molar-refractivity contribution < 1.29 is 8.94 Å². The average Bonchev–Trinajstić information content (AvgIpc) is 3.02. The number of aromatic nitrogens is 2. The minimum Gasteiger partial charge on any atom is -0.461 e. The van der Waals surface area contributed by atoms with E-state index in [-0.39, 0.29) is 0 Å². The lowest BCUT2D eigenvalue weighted by molar-refractivity contribution is 0.135. The van der Waals surface area contributed by atoms with Crippen molar-refractivity contribution in [2.75, 3.05) is 33.2 Å². The molecule has 96 valence electrons. The second-order valence-electron chi connectivity index (χ2n) is 4.57. The van der Waals surface area contributed by atoms with Crippen LogP contribution in [0.5, 0.6) is 0 Å². The van der Waals surface area contributed by atoms with E-state index in [1.54, 1.807) is 6.26 Å². The minimum absolute atomic E-state index is 0.518. The van der Waals surface area contributed by atoms with Crippen LogP contribution in [0, 0.1) is 0 Å². The molecule has 0 spiro atoms. The van der Waals surface area contributed by atoms with Crippen LogP contribution < -0.4 is 0 Å². The van der Waals surface area contributed by atoms with E-state index in [1.807, 2.05) is 12.1 Å².